The zero-order chi connectivity index (χ0) is 22.9. The Morgan fingerprint density at radius 3 is 1.84 bits per heavy atom. The van der Waals surface area contributed by atoms with E-state index in [1.165, 1.54) is 0 Å². The molecule has 0 aliphatic carbocycles. The summed E-state index contributed by atoms with van der Waals surface area (Å²) in [6.07, 6.45) is 0. The molecule has 0 saturated heterocycles. The van der Waals surface area contributed by atoms with Gasteiger partial charge in [0.25, 0.3) is 5.91 Å². The van der Waals surface area contributed by atoms with Crippen molar-refractivity contribution in [2.45, 2.75) is 13.8 Å². The SMILES string of the molecule is CCN(CC)CCOc1ccc(C(=O)N(C)c2ccc(-c3ccc(OC)cc3)cc2)cc1. The second kappa shape index (κ2) is 11.3. The smallest absolute Gasteiger partial charge is 0.258 e. The fourth-order valence-electron chi connectivity index (χ4n) is 3.50. The van der Waals surface area contributed by atoms with Gasteiger partial charge in [0.2, 0.25) is 0 Å². The van der Waals surface area contributed by atoms with Crippen LogP contribution in [0.2, 0.25) is 0 Å². The number of amides is 1. The molecule has 3 aromatic rings. The molecule has 3 aromatic carbocycles. The molecule has 5 nitrogen and oxygen atoms in total. The number of anilines is 1. The van der Waals surface area contributed by atoms with Gasteiger partial charge in [-0.05, 0) is 72.7 Å². The number of carbonyl (C=O) groups is 1. The van der Waals surface area contributed by atoms with Gasteiger partial charge >= 0.3 is 0 Å². The van der Waals surface area contributed by atoms with Crippen LogP contribution in [-0.2, 0) is 0 Å². The van der Waals surface area contributed by atoms with Crippen molar-refractivity contribution in [2.24, 2.45) is 0 Å². The number of ether oxygens (including phenoxy) is 2. The van der Waals surface area contributed by atoms with E-state index in [0.29, 0.717) is 12.2 Å². The largest absolute Gasteiger partial charge is 0.497 e. The summed E-state index contributed by atoms with van der Waals surface area (Å²) in [7, 11) is 3.45. The van der Waals surface area contributed by atoms with Gasteiger partial charge < -0.3 is 19.3 Å². The molecule has 0 fully saturated rings. The van der Waals surface area contributed by atoms with E-state index in [9.17, 15) is 4.79 Å². The summed E-state index contributed by atoms with van der Waals surface area (Å²) in [4.78, 5) is 16.9. The van der Waals surface area contributed by atoms with Gasteiger partial charge in [-0.3, -0.25) is 4.79 Å². The summed E-state index contributed by atoms with van der Waals surface area (Å²) >= 11 is 0. The van der Waals surface area contributed by atoms with Crippen molar-refractivity contribution in [1.29, 1.82) is 0 Å². The number of hydrogen-bond acceptors (Lipinski definition) is 4. The van der Waals surface area contributed by atoms with Crippen LogP contribution < -0.4 is 14.4 Å². The number of likely N-dealkylation sites (N-methyl/N-ethyl adjacent to an activating group) is 1. The topological polar surface area (TPSA) is 42.0 Å². The Labute approximate surface area is 191 Å². The summed E-state index contributed by atoms with van der Waals surface area (Å²) < 4.78 is 11.0. The van der Waals surface area contributed by atoms with Crippen LogP contribution in [0.3, 0.4) is 0 Å². The van der Waals surface area contributed by atoms with Gasteiger partial charge in [0, 0.05) is 24.8 Å². The Kier molecular flexibility index (Phi) is 8.28. The van der Waals surface area contributed by atoms with Crippen LogP contribution >= 0.6 is 0 Å². The van der Waals surface area contributed by atoms with Crippen LogP contribution in [-0.4, -0.2) is 51.2 Å². The number of carbonyl (C=O) groups excluding carboxylic acids is 1. The predicted molar refractivity (Wildman–Crippen MR) is 131 cm³/mol. The highest BCUT2D eigenvalue weighted by Gasteiger charge is 2.14. The minimum absolute atomic E-state index is 0.0584. The molecule has 0 aliphatic rings. The minimum Gasteiger partial charge on any atom is -0.497 e. The standard InChI is InChI=1S/C27H32N2O3/c1-5-29(6-2)19-20-32-26-17-11-23(12-18-26)27(30)28(3)24-13-7-21(8-14-24)22-9-15-25(31-4)16-10-22/h7-18H,5-6,19-20H2,1-4H3. The summed E-state index contributed by atoms with van der Waals surface area (Å²) in [5.74, 6) is 1.55. The maximum absolute atomic E-state index is 12.9. The van der Waals surface area contributed by atoms with Crippen molar-refractivity contribution in [3.63, 3.8) is 0 Å². The summed E-state index contributed by atoms with van der Waals surface area (Å²) in [6, 6.07) is 23.2. The Morgan fingerprint density at radius 1 is 0.781 bits per heavy atom. The number of hydrogen-bond donors (Lipinski definition) is 0. The average molecular weight is 433 g/mol. The van der Waals surface area contributed by atoms with Gasteiger partial charge in [-0.25, -0.2) is 0 Å². The second-order valence-corrected chi connectivity index (χ2v) is 7.54. The number of benzene rings is 3. The molecule has 1 amide bonds. The van der Waals surface area contributed by atoms with Crippen molar-refractivity contribution in [3.05, 3.63) is 78.4 Å². The highest BCUT2D eigenvalue weighted by molar-refractivity contribution is 6.05. The Morgan fingerprint density at radius 2 is 1.31 bits per heavy atom. The van der Waals surface area contributed by atoms with Gasteiger partial charge in [-0.1, -0.05) is 38.1 Å². The average Bonchev–Trinajstić information content (AvgIpc) is 2.86. The molecule has 0 saturated carbocycles. The van der Waals surface area contributed by atoms with E-state index in [4.69, 9.17) is 9.47 Å². The quantitative estimate of drug-likeness (QED) is 0.433. The van der Waals surface area contributed by atoms with Gasteiger partial charge in [-0.15, -0.1) is 0 Å². The van der Waals surface area contributed by atoms with Crippen LogP contribution in [0, 0.1) is 0 Å². The van der Waals surface area contributed by atoms with Crippen LogP contribution in [0.5, 0.6) is 11.5 Å². The predicted octanol–water partition coefficient (Wildman–Crippen LogP) is 5.36. The van der Waals surface area contributed by atoms with E-state index >= 15 is 0 Å². The zero-order valence-electron chi connectivity index (χ0n) is 19.4. The second-order valence-electron chi connectivity index (χ2n) is 7.54. The molecule has 3 rings (SSSR count). The molecular formula is C27H32N2O3. The minimum atomic E-state index is -0.0584. The molecular weight excluding hydrogens is 400 g/mol. The Bertz CT molecular complexity index is 979. The lowest BCUT2D eigenvalue weighted by atomic mass is 10.0. The molecule has 0 bridgehead atoms. The fraction of sp³-hybridized carbons (Fsp3) is 0.296. The Balaban J connectivity index is 1.60. The fourth-order valence-corrected chi connectivity index (χ4v) is 3.50. The first-order valence-corrected chi connectivity index (χ1v) is 11.0. The van der Waals surface area contributed by atoms with E-state index in [0.717, 1.165) is 47.9 Å². The lowest BCUT2D eigenvalue weighted by Crippen LogP contribution is -2.28. The van der Waals surface area contributed by atoms with Crippen LogP contribution in [0.1, 0.15) is 24.2 Å². The van der Waals surface area contributed by atoms with Crippen molar-refractivity contribution in [3.8, 4) is 22.6 Å². The highest BCUT2D eigenvalue weighted by atomic mass is 16.5. The molecule has 0 spiro atoms. The highest BCUT2D eigenvalue weighted by Crippen LogP contribution is 2.25. The maximum atomic E-state index is 12.9. The lowest BCUT2D eigenvalue weighted by Gasteiger charge is -2.19. The molecule has 0 aromatic heterocycles. The molecule has 0 unspecified atom stereocenters. The normalized spacial score (nSPS) is 10.8. The van der Waals surface area contributed by atoms with Crippen molar-refractivity contribution in [2.75, 3.05) is 45.3 Å². The molecule has 0 N–H and O–H groups in total. The third kappa shape index (κ3) is 5.89. The van der Waals surface area contributed by atoms with Crippen molar-refractivity contribution in [1.82, 2.24) is 4.90 Å². The van der Waals surface area contributed by atoms with Crippen molar-refractivity contribution >= 4 is 11.6 Å². The zero-order valence-corrected chi connectivity index (χ0v) is 19.4. The molecule has 5 heteroatoms. The van der Waals surface area contributed by atoms with Crippen LogP contribution in [0.25, 0.3) is 11.1 Å². The van der Waals surface area contributed by atoms with Crippen molar-refractivity contribution < 1.29 is 14.3 Å². The third-order valence-corrected chi connectivity index (χ3v) is 5.65. The summed E-state index contributed by atoms with van der Waals surface area (Å²) in [5.41, 5.74) is 3.65. The molecule has 0 heterocycles. The first kappa shape index (κ1) is 23.4. The van der Waals surface area contributed by atoms with E-state index < -0.39 is 0 Å². The van der Waals surface area contributed by atoms with Crippen LogP contribution in [0.4, 0.5) is 5.69 Å². The van der Waals surface area contributed by atoms with Gasteiger partial charge in [0.1, 0.15) is 18.1 Å². The van der Waals surface area contributed by atoms with E-state index in [-0.39, 0.29) is 5.91 Å². The molecule has 168 valence electrons. The molecule has 0 radical (unpaired) electrons. The van der Waals surface area contributed by atoms with Gasteiger partial charge in [0.05, 0.1) is 7.11 Å². The molecule has 32 heavy (non-hydrogen) atoms. The van der Waals surface area contributed by atoms with E-state index in [1.54, 1.807) is 19.1 Å². The lowest BCUT2D eigenvalue weighted by molar-refractivity contribution is 0.0993. The van der Waals surface area contributed by atoms with E-state index in [1.807, 2.05) is 72.8 Å². The monoisotopic (exact) mass is 432 g/mol. The number of nitrogens with zero attached hydrogens (tertiary/aromatic N) is 2. The van der Waals surface area contributed by atoms with E-state index in [2.05, 4.69) is 18.7 Å². The van der Waals surface area contributed by atoms with Gasteiger partial charge in [0.15, 0.2) is 0 Å². The first-order valence-electron chi connectivity index (χ1n) is 11.0. The third-order valence-electron chi connectivity index (χ3n) is 5.65. The number of methoxy groups -OCH3 is 1. The summed E-state index contributed by atoms with van der Waals surface area (Å²) in [6.45, 7) is 7.85. The number of rotatable bonds is 10. The maximum Gasteiger partial charge on any atom is 0.258 e. The van der Waals surface area contributed by atoms with Crippen LogP contribution in [0.15, 0.2) is 72.8 Å². The molecule has 0 atom stereocenters. The molecule has 0 aliphatic heterocycles. The van der Waals surface area contributed by atoms with Gasteiger partial charge in [-0.2, -0.15) is 0 Å². The first-order chi connectivity index (χ1) is 15.5. The Hall–Kier alpha value is -3.31. The summed E-state index contributed by atoms with van der Waals surface area (Å²) in [5, 5.41) is 0.